The molecule has 2 N–H and O–H groups in total. The topological polar surface area (TPSA) is 79.9 Å². The Morgan fingerprint density at radius 2 is 2.33 bits per heavy atom. The highest BCUT2D eigenvalue weighted by Crippen LogP contribution is 2.26. The van der Waals surface area contributed by atoms with Crippen molar-refractivity contribution >= 4 is 5.91 Å². The predicted molar refractivity (Wildman–Crippen MR) is 79.6 cm³/mol. The summed E-state index contributed by atoms with van der Waals surface area (Å²) in [5, 5.41) is 9.62. The maximum absolute atomic E-state index is 12.2. The van der Waals surface area contributed by atoms with Crippen molar-refractivity contribution in [3.8, 4) is 0 Å². The number of carbonyl (C=O) groups excluding carboxylic acids is 1. The quantitative estimate of drug-likeness (QED) is 0.842. The van der Waals surface area contributed by atoms with Gasteiger partial charge in [0.2, 0.25) is 5.91 Å². The third-order valence-electron chi connectivity index (χ3n) is 3.97. The molecule has 3 atom stereocenters. The first-order valence-corrected chi connectivity index (χ1v) is 7.89. The van der Waals surface area contributed by atoms with E-state index in [0.29, 0.717) is 24.7 Å². The van der Waals surface area contributed by atoms with Crippen molar-refractivity contribution in [3.63, 3.8) is 0 Å². The van der Waals surface area contributed by atoms with Gasteiger partial charge in [-0.05, 0) is 32.1 Å². The van der Waals surface area contributed by atoms with Gasteiger partial charge in [0.15, 0.2) is 5.82 Å². The summed E-state index contributed by atoms with van der Waals surface area (Å²) in [7, 11) is 0. The molecule has 118 valence electrons. The Hall–Kier alpha value is -1.43. The van der Waals surface area contributed by atoms with Crippen molar-refractivity contribution in [1.82, 2.24) is 20.5 Å². The minimum Gasteiger partial charge on any atom is -0.365 e. The van der Waals surface area contributed by atoms with Gasteiger partial charge < -0.3 is 10.1 Å². The molecule has 0 spiro atoms. The van der Waals surface area contributed by atoms with Crippen molar-refractivity contribution in [1.29, 1.82) is 0 Å². The maximum Gasteiger partial charge on any atom is 0.249 e. The van der Waals surface area contributed by atoms with Crippen LogP contribution in [0.5, 0.6) is 0 Å². The number of nitrogens with zero attached hydrogens (tertiary/aromatic N) is 2. The minimum absolute atomic E-state index is 0.0711. The first kappa shape index (κ1) is 15.9. The normalized spacial score (nSPS) is 23.8. The third-order valence-corrected chi connectivity index (χ3v) is 3.97. The number of aryl methyl sites for hydroxylation is 1. The van der Waals surface area contributed by atoms with Crippen LogP contribution in [0.3, 0.4) is 0 Å². The first-order valence-electron chi connectivity index (χ1n) is 7.89. The number of amides is 1. The standard InChI is InChI=1S/C15H26N4O2/c1-4-13(21-12-7-5-6-10(2)8-12)15(20)16-9-14-17-11(3)18-19-14/h10,12-13H,4-9H2,1-3H3,(H,16,20)(H,17,18,19)/t10-,12-,13+/m1/s1. The summed E-state index contributed by atoms with van der Waals surface area (Å²) in [6.45, 7) is 6.40. The second kappa shape index (κ2) is 7.54. The zero-order chi connectivity index (χ0) is 15.2. The van der Waals surface area contributed by atoms with E-state index in [2.05, 4.69) is 27.4 Å². The fraction of sp³-hybridized carbons (Fsp3) is 0.800. The lowest BCUT2D eigenvalue weighted by Crippen LogP contribution is -2.39. The molecular formula is C15H26N4O2. The SMILES string of the molecule is CC[C@H](O[C@@H]1CCC[C@@H](C)C1)C(=O)NCc1n[nH]c(C)n1. The summed E-state index contributed by atoms with van der Waals surface area (Å²) in [6, 6.07) is 0. The summed E-state index contributed by atoms with van der Waals surface area (Å²) < 4.78 is 6.01. The lowest BCUT2D eigenvalue weighted by atomic mass is 9.88. The molecule has 6 heteroatoms. The minimum atomic E-state index is -0.375. The number of H-pyrrole nitrogens is 1. The number of carbonyl (C=O) groups is 1. The van der Waals surface area contributed by atoms with Crippen LogP contribution in [-0.4, -0.2) is 33.3 Å². The van der Waals surface area contributed by atoms with Crippen LogP contribution in [0.4, 0.5) is 0 Å². The van der Waals surface area contributed by atoms with Gasteiger partial charge in [0.1, 0.15) is 11.9 Å². The fourth-order valence-electron chi connectivity index (χ4n) is 2.83. The molecule has 1 aliphatic rings. The van der Waals surface area contributed by atoms with Gasteiger partial charge >= 0.3 is 0 Å². The van der Waals surface area contributed by atoms with Crippen LogP contribution in [0.1, 0.15) is 57.6 Å². The molecule has 0 saturated heterocycles. The van der Waals surface area contributed by atoms with E-state index < -0.39 is 0 Å². The van der Waals surface area contributed by atoms with Gasteiger partial charge in [-0.2, -0.15) is 5.10 Å². The average Bonchev–Trinajstić information content (AvgIpc) is 2.88. The van der Waals surface area contributed by atoms with Crippen LogP contribution in [0.15, 0.2) is 0 Å². The monoisotopic (exact) mass is 294 g/mol. The van der Waals surface area contributed by atoms with E-state index in [1.54, 1.807) is 0 Å². The Labute approximate surface area is 126 Å². The van der Waals surface area contributed by atoms with E-state index in [4.69, 9.17) is 4.74 Å². The van der Waals surface area contributed by atoms with Crippen LogP contribution in [0.2, 0.25) is 0 Å². The molecule has 0 aliphatic heterocycles. The molecule has 0 radical (unpaired) electrons. The van der Waals surface area contributed by atoms with Crippen LogP contribution in [-0.2, 0) is 16.1 Å². The zero-order valence-electron chi connectivity index (χ0n) is 13.2. The molecule has 1 aromatic heterocycles. The van der Waals surface area contributed by atoms with Crippen molar-refractivity contribution in [2.75, 3.05) is 0 Å². The molecule has 0 bridgehead atoms. The van der Waals surface area contributed by atoms with E-state index >= 15 is 0 Å². The molecule has 2 rings (SSSR count). The molecular weight excluding hydrogens is 268 g/mol. The molecule has 1 amide bonds. The zero-order valence-corrected chi connectivity index (χ0v) is 13.2. The Balaban J connectivity index is 1.80. The first-order chi connectivity index (χ1) is 10.1. The van der Waals surface area contributed by atoms with E-state index in [-0.39, 0.29) is 18.1 Å². The van der Waals surface area contributed by atoms with Crippen LogP contribution in [0, 0.1) is 12.8 Å². The van der Waals surface area contributed by atoms with Gasteiger partial charge in [0, 0.05) is 0 Å². The summed E-state index contributed by atoms with van der Waals surface area (Å²) in [6.07, 6.45) is 5.12. The van der Waals surface area contributed by atoms with Crippen LogP contribution in [0.25, 0.3) is 0 Å². The van der Waals surface area contributed by atoms with Gasteiger partial charge in [0.05, 0.1) is 12.6 Å². The van der Waals surface area contributed by atoms with Gasteiger partial charge in [-0.15, -0.1) is 0 Å². The average molecular weight is 294 g/mol. The molecule has 1 fully saturated rings. The van der Waals surface area contributed by atoms with E-state index in [1.165, 1.54) is 12.8 Å². The maximum atomic E-state index is 12.2. The molecule has 1 aliphatic carbocycles. The lowest BCUT2D eigenvalue weighted by molar-refractivity contribution is -0.139. The van der Waals surface area contributed by atoms with E-state index in [0.717, 1.165) is 18.7 Å². The fourth-order valence-corrected chi connectivity index (χ4v) is 2.83. The smallest absolute Gasteiger partial charge is 0.249 e. The number of ether oxygens (including phenoxy) is 1. The molecule has 0 unspecified atom stereocenters. The van der Waals surface area contributed by atoms with E-state index in [1.807, 2.05) is 13.8 Å². The lowest BCUT2D eigenvalue weighted by Gasteiger charge is -2.29. The van der Waals surface area contributed by atoms with Crippen molar-refractivity contribution < 1.29 is 9.53 Å². The predicted octanol–water partition coefficient (Wildman–Crippen LogP) is 2.10. The molecule has 1 saturated carbocycles. The third kappa shape index (κ3) is 4.81. The Morgan fingerprint density at radius 3 is 2.95 bits per heavy atom. The van der Waals surface area contributed by atoms with Crippen molar-refractivity contribution in [2.45, 2.75) is 71.6 Å². The van der Waals surface area contributed by atoms with Gasteiger partial charge in [-0.25, -0.2) is 4.98 Å². The summed E-state index contributed by atoms with van der Waals surface area (Å²) in [5.74, 6) is 1.97. The van der Waals surface area contributed by atoms with Gasteiger partial charge in [-0.1, -0.05) is 26.7 Å². The van der Waals surface area contributed by atoms with Gasteiger partial charge in [0.25, 0.3) is 0 Å². The number of nitrogens with one attached hydrogen (secondary N) is 2. The van der Waals surface area contributed by atoms with Crippen LogP contribution >= 0.6 is 0 Å². The largest absolute Gasteiger partial charge is 0.365 e. The molecule has 1 heterocycles. The van der Waals surface area contributed by atoms with Crippen molar-refractivity contribution in [2.24, 2.45) is 5.92 Å². The Bertz CT molecular complexity index is 460. The Morgan fingerprint density at radius 1 is 1.52 bits per heavy atom. The Kier molecular flexibility index (Phi) is 5.73. The number of rotatable bonds is 6. The highest BCUT2D eigenvalue weighted by Gasteiger charge is 2.25. The number of hydrogen-bond donors (Lipinski definition) is 2. The molecule has 1 aromatic rings. The number of aromatic nitrogens is 3. The molecule has 6 nitrogen and oxygen atoms in total. The second-order valence-electron chi connectivity index (χ2n) is 5.98. The number of aromatic amines is 1. The summed E-state index contributed by atoms with van der Waals surface area (Å²) >= 11 is 0. The highest BCUT2D eigenvalue weighted by atomic mass is 16.5. The molecule has 21 heavy (non-hydrogen) atoms. The van der Waals surface area contributed by atoms with Gasteiger partial charge in [-0.3, -0.25) is 9.89 Å². The van der Waals surface area contributed by atoms with E-state index in [9.17, 15) is 4.79 Å². The second-order valence-corrected chi connectivity index (χ2v) is 5.98. The molecule has 0 aromatic carbocycles. The summed E-state index contributed by atoms with van der Waals surface area (Å²) in [5.41, 5.74) is 0. The summed E-state index contributed by atoms with van der Waals surface area (Å²) in [4.78, 5) is 16.4. The van der Waals surface area contributed by atoms with Crippen LogP contribution < -0.4 is 5.32 Å². The highest BCUT2D eigenvalue weighted by molar-refractivity contribution is 5.80. The van der Waals surface area contributed by atoms with Crippen molar-refractivity contribution in [3.05, 3.63) is 11.6 Å². The number of hydrogen-bond acceptors (Lipinski definition) is 4.